The molecule has 0 bridgehead atoms. The van der Waals surface area contributed by atoms with E-state index < -0.39 is 0 Å². The highest BCUT2D eigenvalue weighted by Gasteiger charge is 2.24. The van der Waals surface area contributed by atoms with E-state index in [2.05, 4.69) is 4.99 Å². The van der Waals surface area contributed by atoms with Gasteiger partial charge in [-0.3, -0.25) is 4.79 Å². The molecule has 2 heterocycles. The Morgan fingerprint density at radius 2 is 1.95 bits per heavy atom. The van der Waals surface area contributed by atoms with Crippen LogP contribution in [-0.2, 0) is 4.79 Å². The molecule has 21 heavy (non-hydrogen) atoms. The summed E-state index contributed by atoms with van der Waals surface area (Å²) in [5, 5.41) is 13.1. The third-order valence-corrected chi connectivity index (χ3v) is 4.86. The smallest absolute Gasteiger partial charge is 0.279 e. The number of carbonyl (C=O) groups is 1. The molecule has 0 spiro atoms. The molecule has 1 aliphatic heterocycles. The van der Waals surface area contributed by atoms with Gasteiger partial charge in [0.1, 0.15) is 5.75 Å². The van der Waals surface area contributed by atoms with Crippen LogP contribution in [-0.4, -0.2) is 11.0 Å². The van der Waals surface area contributed by atoms with Crippen molar-refractivity contribution in [3.05, 3.63) is 62.9 Å². The third kappa shape index (κ3) is 1.80. The Morgan fingerprint density at radius 1 is 1.14 bits per heavy atom. The van der Waals surface area contributed by atoms with E-state index >= 15 is 0 Å². The summed E-state index contributed by atoms with van der Waals surface area (Å²) in [4.78, 5) is 16.8. The highest BCUT2D eigenvalue weighted by molar-refractivity contribution is 7.20. The summed E-state index contributed by atoms with van der Waals surface area (Å²) < 4.78 is 0.847. The molecule has 0 saturated carbocycles. The van der Waals surface area contributed by atoms with E-state index in [-0.39, 0.29) is 11.7 Å². The zero-order valence-electron chi connectivity index (χ0n) is 10.6. The van der Waals surface area contributed by atoms with Crippen LogP contribution in [0.2, 0.25) is 5.02 Å². The third-order valence-electron chi connectivity index (χ3n) is 3.46. The summed E-state index contributed by atoms with van der Waals surface area (Å²) in [6, 6.07) is 12.6. The van der Waals surface area contributed by atoms with E-state index in [0.717, 1.165) is 9.92 Å². The molecule has 0 unspecified atom stereocenters. The van der Waals surface area contributed by atoms with Crippen LogP contribution >= 0.6 is 22.9 Å². The van der Waals surface area contributed by atoms with Gasteiger partial charge in [0.2, 0.25) is 0 Å². The van der Waals surface area contributed by atoms with Gasteiger partial charge in [0.25, 0.3) is 5.91 Å². The fourth-order valence-corrected chi connectivity index (χ4v) is 3.93. The van der Waals surface area contributed by atoms with Crippen molar-refractivity contribution in [2.24, 2.45) is 4.99 Å². The van der Waals surface area contributed by atoms with Gasteiger partial charge in [0.15, 0.2) is 0 Å². The first-order valence-electron chi connectivity index (χ1n) is 6.29. The second kappa shape index (κ2) is 4.41. The van der Waals surface area contributed by atoms with Gasteiger partial charge in [-0.05, 0) is 24.3 Å². The number of rotatable bonds is 1. The van der Waals surface area contributed by atoms with E-state index in [9.17, 15) is 9.90 Å². The highest BCUT2D eigenvalue weighted by Crippen LogP contribution is 2.41. The molecule has 102 valence electrons. The predicted octanol–water partition coefficient (Wildman–Crippen LogP) is 2.62. The molecule has 4 rings (SSSR count). The first-order valence-corrected chi connectivity index (χ1v) is 7.48. The molecule has 1 amide bonds. The maximum absolute atomic E-state index is 12.2. The highest BCUT2D eigenvalue weighted by atomic mass is 35.5. The molecule has 5 heteroatoms. The Bertz CT molecular complexity index is 1040. The predicted molar refractivity (Wildman–Crippen MR) is 83.2 cm³/mol. The van der Waals surface area contributed by atoms with Gasteiger partial charge < -0.3 is 5.11 Å². The number of hydrogen-bond donors (Lipinski definition) is 1. The van der Waals surface area contributed by atoms with E-state index in [1.807, 2.05) is 18.2 Å². The van der Waals surface area contributed by atoms with E-state index in [0.29, 0.717) is 26.2 Å². The van der Waals surface area contributed by atoms with Gasteiger partial charge >= 0.3 is 0 Å². The number of thiophene rings is 1. The summed E-state index contributed by atoms with van der Waals surface area (Å²) >= 11 is 7.33. The van der Waals surface area contributed by atoms with Gasteiger partial charge in [-0.15, -0.1) is 11.3 Å². The summed E-state index contributed by atoms with van der Waals surface area (Å²) in [6.45, 7) is 0. The number of para-hydroxylation sites is 1. The average Bonchev–Trinajstić information content (AvgIpc) is 2.95. The zero-order chi connectivity index (χ0) is 14.6. The Hall–Kier alpha value is -2.17. The zero-order valence-corrected chi connectivity index (χ0v) is 12.2. The maximum atomic E-state index is 12.2. The molecule has 3 nitrogen and oxygen atoms in total. The second-order valence-corrected chi connectivity index (χ2v) is 6.22. The minimum absolute atomic E-state index is 0.113. The standard InChI is InChI=1S/C16H8ClNO2S/c17-8-5-6-10-12(7-8)21-15(14(10)19)13-9-3-1-2-4-11(9)18-16(13)20/h1-7,19H. The fraction of sp³-hybridized carbons (Fsp3) is 0. The average molecular weight is 314 g/mol. The lowest BCUT2D eigenvalue weighted by Crippen LogP contribution is -2.22. The number of halogens is 1. The Kier molecular flexibility index (Phi) is 2.64. The lowest BCUT2D eigenvalue weighted by molar-refractivity contribution is -0.112. The van der Waals surface area contributed by atoms with Crippen LogP contribution in [0.15, 0.2) is 47.5 Å². The molecule has 0 fully saturated rings. The van der Waals surface area contributed by atoms with Crippen molar-refractivity contribution in [2.75, 3.05) is 0 Å². The lowest BCUT2D eigenvalue weighted by atomic mass is 10.1. The Morgan fingerprint density at radius 3 is 2.81 bits per heavy atom. The van der Waals surface area contributed by atoms with Crippen molar-refractivity contribution < 1.29 is 9.90 Å². The van der Waals surface area contributed by atoms with E-state index in [4.69, 9.17) is 11.6 Å². The van der Waals surface area contributed by atoms with E-state index in [1.54, 1.807) is 24.3 Å². The molecular weight excluding hydrogens is 306 g/mol. The first kappa shape index (κ1) is 12.6. The molecule has 1 aliphatic rings. The van der Waals surface area contributed by atoms with Gasteiger partial charge in [-0.25, -0.2) is 4.99 Å². The van der Waals surface area contributed by atoms with Crippen LogP contribution in [0.1, 0.15) is 4.88 Å². The van der Waals surface area contributed by atoms with Crippen molar-refractivity contribution in [2.45, 2.75) is 0 Å². The topological polar surface area (TPSA) is 49.7 Å². The van der Waals surface area contributed by atoms with Crippen LogP contribution in [0, 0.1) is 0 Å². The van der Waals surface area contributed by atoms with Crippen molar-refractivity contribution in [1.82, 2.24) is 0 Å². The van der Waals surface area contributed by atoms with Crippen LogP contribution in [0.4, 0.5) is 0 Å². The molecular formula is C16H8ClNO2S. The van der Waals surface area contributed by atoms with Crippen molar-refractivity contribution in [3.8, 4) is 5.75 Å². The number of aromatic hydroxyl groups is 1. The quantitative estimate of drug-likeness (QED) is 0.751. The van der Waals surface area contributed by atoms with Crippen LogP contribution in [0.25, 0.3) is 15.7 Å². The largest absolute Gasteiger partial charge is 0.506 e. The minimum Gasteiger partial charge on any atom is -0.506 e. The Labute approximate surface area is 128 Å². The van der Waals surface area contributed by atoms with Crippen molar-refractivity contribution in [3.63, 3.8) is 0 Å². The second-order valence-electron chi connectivity index (χ2n) is 4.73. The van der Waals surface area contributed by atoms with Crippen molar-refractivity contribution in [1.29, 1.82) is 0 Å². The summed E-state index contributed by atoms with van der Waals surface area (Å²) in [5.41, 5.74) is 0.459. The van der Waals surface area contributed by atoms with Gasteiger partial charge in [0.05, 0.1) is 15.8 Å². The number of fused-ring (bicyclic) bond motifs is 2. The van der Waals surface area contributed by atoms with Crippen LogP contribution in [0.5, 0.6) is 5.75 Å². The molecule has 0 atom stereocenters. The number of carbonyl (C=O) groups excluding carboxylic acids is 1. The Balaban J connectivity index is 2.11. The van der Waals surface area contributed by atoms with Gasteiger partial charge in [-0.1, -0.05) is 29.8 Å². The first-order chi connectivity index (χ1) is 10.1. The van der Waals surface area contributed by atoms with Gasteiger partial charge in [-0.2, -0.15) is 0 Å². The molecule has 0 saturated heterocycles. The normalized spacial score (nSPS) is 13.6. The fourth-order valence-electron chi connectivity index (χ4n) is 2.51. The SMILES string of the molecule is O=C1N=c2ccccc2=C1c1sc2cc(Cl)ccc2c1O. The number of benzene rings is 2. The van der Waals surface area contributed by atoms with Gasteiger partial charge in [0, 0.05) is 20.3 Å². The van der Waals surface area contributed by atoms with Crippen LogP contribution < -0.4 is 10.6 Å². The number of amides is 1. The number of hydrogen-bond acceptors (Lipinski definition) is 3. The van der Waals surface area contributed by atoms with E-state index in [1.165, 1.54) is 11.3 Å². The van der Waals surface area contributed by atoms with Crippen molar-refractivity contribution >= 4 is 44.5 Å². The minimum atomic E-state index is -0.316. The summed E-state index contributed by atoms with van der Waals surface area (Å²) in [5.74, 6) is -0.203. The maximum Gasteiger partial charge on any atom is 0.279 e. The number of nitrogens with zero attached hydrogens (tertiary/aromatic N) is 1. The molecule has 2 aromatic carbocycles. The molecule has 0 aliphatic carbocycles. The molecule has 3 aromatic rings. The summed E-state index contributed by atoms with van der Waals surface area (Å²) in [6.07, 6.45) is 0. The lowest BCUT2D eigenvalue weighted by Gasteiger charge is -1.97. The molecule has 1 aromatic heterocycles. The molecule has 1 N–H and O–H groups in total. The molecule has 0 radical (unpaired) electrons. The monoisotopic (exact) mass is 313 g/mol. The van der Waals surface area contributed by atoms with Crippen LogP contribution in [0.3, 0.4) is 0 Å². The summed E-state index contributed by atoms with van der Waals surface area (Å²) in [7, 11) is 0.